The van der Waals surface area contributed by atoms with Crippen LogP contribution in [0.15, 0.2) is 0 Å². The molecule has 2 aliphatic heterocycles. The largest absolute Gasteiger partial charge is 0.388 e. The fraction of sp³-hybridized carbons (Fsp3) is 0.824. The lowest BCUT2D eigenvalue weighted by Crippen LogP contribution is -2.40. The number of aliphatic hydroxyl groups is 1. The van der Waals surface area contributed by atoms with Crippen LogP contribution >= 0.6 is 11.8 Å². The number of carbonyl (C=O) groups is 1. The fourth-order valence-corrected chi connectivity index (χ4v) is 4.62. The number of hydrogen-bond donors (Lipinski definition) is 1. The monoisotopic (exact) mass is 367 g/mol. The molecule has 3 rings (SSSR count). The Balaban J connectivity index is 1.45. The van der Waals surface area contributed by atoms with Crippen molar-refractivity contribution in [3.63, 3.8) is 0 Å². The van der Waals surface area contributed by atoms with Gasteiger partial charge >= 0.3 is 0 Å². The standard InChI is InChI=1S/C17H29N5O2S/c1-20-15(12-23)18-19-17(20)14-5-4-8-22(11-14)16(24)13-25-10-9-21-6-2-3-7-21/h14,23H,2-13H2,1H3/t14-/m1/s1. The zero-order chi connectivity index (χ0) is 17.6. The molecule has 140 valence electrons. The van der Waals surface area contributed by atoms with Gasteiger partial charge in [-0.1, -0.05) is 0 Å². The highest BCUT2D eigenvalue weighted by atomic mass is 32.2. The van der Waals surface area contributed by atoms with Crippen LogP contribution in [0.1, 0.15) is 43.3 Å². The minimum absolute atomic E-state index is 0.105. The molecule has 8 heteroatoms. The Bertz CT molecular complexity index is 573. The van der Waals surface area contributed by atoms with E-state index in [9.17, 15) is 9.90 Å². The van der Waals surface area contributed by atoms with E-state index in [4.69, 9.17) is 0 Å². The van der Waals surface area contributed by atoms with Gasteiger partial charge in [-0.25, -0.2) is 0 Å². The lowest BCUT2D eigenvalue weighted by atomic mass is 9.97. The van der Waals surface area contributed by atoms with Gasteiger partial charge in [0.25, 0.3) is 0 Å². The molecule has 7 nitrogen and oxygen atoms in total. The minimum atomic E-state index is -0.105. The van der Waals surface area contributed by atoms with E-state index in [-0.39, 0.29) is 18.4 Å². The molecule has 0 bridgehead atoms. The zero-order valence-corrected chi connectivity index (χ0v) is 15.9. The molecule has 0 spiro atoms. The number of thioether (sulfide) groups is 1. The van der Waals surface area contributed by atoms with Gasteiger partial charge in [0, 0.05) is 38.4 Å². The molecule has 2 aliphatic rings. The summed E-state index contributed by atoms with van der Waals surface area (Å²) >= 11 is 1.75. The van der Waals surface area contributed by atoms with E-state index in [1.165, 1.54) is 25.9 Å². The first-order valence-electron chi connectivity index (χ1n) is 9.26. The number of piperidine rings is 1. The highest BCUT2D eigenvalue weighted by Crippen LogP contribution is 2.26. The average molecular weight is 368 g/mol. The first kappa shape index (κ1) is 18.7. The smallest absolute Gasteiger partial charge is 0.232 e. The Morgan fingerprint density at radius 1 is 1.24 bits per heavy atom. The Hall–Kier alpha value is -1.12. The lowest BCUT2D eigenvalue weighted by molar-refractivity contribution is -0.129. The van der Waals surface area contributed by atoms with E-state index in [1.807, 2.05) is 16.5 Å². The molecule has 2 saturated heterocycles. The molecule has 0 aliphatic carbocycles. The third kappa shape index (κ3) is 4.74. The van der Waals surface area contributed by atoms with Gasteiger partial charge in [0.2, 0.25) is 5.91 Å². The summed E-state index contributed by atoms with van der Waals surface area (Å²) in [5.74, 6) is 3.51. The van der Waals surface area contributed by atoms with Crippen molar-refractivity contribution < 1.29 is 9.90 Å². The summed E-state index contributed by atoms with van der Waals surface area (Å²) in [7, 11) is 1.88. The second-order valence-corrected chi connectivity index (χ2v) is 8.08. The van der Waals surface area contributed by atoms with Crippen LogP contribution in [-0.4, -0.2) is 79.8 Å². The van der Waals surface area contributed by atoms with E-state index in [0.29, 0.717) is 18.1 Å². The number of rotatable bonds is 7. The van der Waals surface area contributed by atoms with Crippen molar-refractivity contribution in [2.45, 2.75) is 38.2 Å². The van der Waals surface area contributed by atoms with Crippen molar-refractivity contribution in [3.8, 4) is 0 Å². The van der Waals surface area contributed by atoms with Crippen molar-refractivity contribution >= 4 is 17.7 Å². The maximum atomic E-state index is 12.5. The summed E-state index contributed by atoms with van der Waals surface area (Å²) in [5, 5.41) is 17.5. The van der Waals surface area contributed by atoms with E-state index in [2.05, 4.69) is 15.1 Å². The molecule has 3 heterocycles. The molecule has 1 N–H and O–H groups in total. The van der Waals surface area contributed by atoms with Crippen LogP contribution in [0.4, 0.5) is 0 Å². The molecule has 1 atom stereocenters. The first-order chi connectivity index (χ1) is 12.2. The summed E-state index contributed by atoms with van der Waals surface area (Å²) in [6.07, 6.45) is 4.65. The van der Waals surface area contributed by atoms with Crippen LogP contribution in [0.5, 0.6) is 0 Å². The number of aromatic nitrogens is 3. The number of hydrogen-bond acceptors (Lipinski definition) is 6. The van der Waals surface area contributed by atoms with E-state index >= 15 is 0 Å². The summed E-state index contributed by atoms with van der Waals surface area (Å²) in [5.41, 5.74) is 0. The molecule has 1 aromatic heterocycles. The van der Waals surface area contributed by atoms with Gasteiger partial charge in [-0.05, 0) is 38.8 Å². The Kier molecular flexibility index (Phi) is 6.72. The van der Waals surface area contributed by atoms with Crippen molar-refractivity contribution in [1.29, 1.82) is 0 Å². The Morgan fingerprint density at radius 2 is 2.04 bits per heavy atom. The molecule has 25 heavy (non-hydrogen) atoms. The molecule has 0 radical (unpaired) electrons. The maximum absolute atomic E-state index is 12.5. The van der Waals surface area contributed by atoms with Crippen LogP contribution in [-0.2, 0) is 18.4 Å². The summed E-state index contributed by atoms with van der Waals surface area (Å²) in [4.78, 5) is 17.0. The van der Waals surface area contributed by atoms with Crippen molar-refractivity contribution in [2.24, 2.45) is 7.05 Å². The maximum Gasteiger partial charge on any atom is 0.232 e. The zero-order valence-electron chi connectivity index (χ0n) is 15.1. The highest BCUT2D eigenvalue weighted by Gasteiger charge is 2.28. The SMILES string of the molecule is Cn1c(CO)nnc1[C@@H]1CCCN(C(=O)CSCCN2CCCC2)C1. The van der Waals surface area contributed by atoms with Crippen LogP contribution in [0.3, 0.4) is 0 Å². The van der Waals surface area contributed by atoms with Gasteiger partial charge in [0.15, 0.2) is 5.82 Å². The molecule has 0 aromatic carbocycles. The first-order valence-corrected chi connectivity index (χ1v) is 10.4. The number of nitrogens with zero attached hydrogens (tertiary/aromatic N) is 5. The molecular formula is C17H29N5O2S. The number of aliphatic hydroxyl groups excluding tert-OH is 1. The van der Waals surface area contributed by atoms with Crippen LogP contribution in [0.2, 0.25) is 0 Å². The van der Waals surface area contributed by atoms with Crippen molar-refractivity contribution in [1.82, 2.24) is 24.6 Å². The topological polar surface area (TPSA) is 74.5 Å². The number of likely N-dealkylation sites (tertiary alicyclic amines) is 2. The molecule has 0 unspecified atom stereocenters. The second-order valence-electron chi connectivity index (χ2n) is 6.97. The average Bonchev–Trinajstić information content (AvgIpc) is 3.28. The second kappa shape index (κ2) is 9.00. The van der Waals surface area contributed by atoms with E-state index in [1.54, 1.807) is 11.8 Å². The van der Waals surface area contributed by atoms with Gasteiger partial charge in [-0.2, -0.15) is 11.8 Å². The van der Waals surface area contributed by atoms with E-state index in [0.717, 1.165) is 37.5 Å². The summed E-state index contributed by atoms with van der Waals surface area (Å²) < 4.78 is 1.86. The predicted octanol–water partition coefficient (Wildman–Crippen LogP) is 0.842. The Morgan fingerprint density at radius 3 is 2.76 bits per heavy atom. The predicted molar refractivity (Wildman–Crippen MR) is 98.5 cm³/mol. The number of carbonyl (C=O) groups excluding carboxylic acids is 1. The Labute approximate surface area is 153 Å². The summed E-state index contributed by atoms with van der Waals surface area (Å²) in [6.45, 7) is 4.98. The van der Waals surface area contributed by atoms with Crippen molar-refractivity contribution in [2.75, 3.05) is 44.2 Å². The van der Waals surface area contributed by atoms with Crippen molar-refractivity contribution in [3.05, 3.63) is 11.6 Å². The molecule has 1 amide bonds. The van der Waals surface area contributed by atoms with Gasteiger partial charge in [0.1, 0.15) is 12.4 Å². The van der Waals surface area contributed by atoms with Crippen LogP contribution in [0.25, 0.3) is 0 Å². The fourth-order valence-electron chi connectivity index (χ4n) is 3.73. The van der Waals surface area contributed by atoms with E-state index < -0.39 is 0 Å². The van der Waals surface area contributed by atoms with Gasteiger partial charge in [0.05, 0.1) is 5.75 Å². The van der Waals surface area contributed by atoms with Crippen LogP contribution in [0, 0.1) is 0 Å². The van der Waals surface area contributed by atoms with Gasteiger partial charge < -0.3 is 19.5 Å². The van der Waals surface area contributed by atoms with Gasteiger partial charge in [-0.15, -0.1) is 10.2 Å². The lowest BCUT2D eigenvalue weighted by Gasteiger charge is -2.32. The highest BCUT2D eigenvalue weighted by molar-refractivity contribution is 7.99. The molecule has 0 saturated carbocycles. The minimum Gasteiger partial charge on any atom is -0.388 e. The number of amides is 1. The summed E-state index contributed by atoms with van der Waals surface area (Å²) in [6, 6.07) is 0. The molecular weight excluding hydrogens is 338 g/mol. The van der Waals surface area contributed by atoms with Crippen LogP contribution < -0.4 is 0 Å². The third-order valence-corrected chi connectivity index (χ3v) is 6.18. The normalized spacial score (nSPS) is 21.8. The third-order valence-electron chi connectivity index (χ3n) is 5.26. The molecule has 2 fully saturated rings. The quantitative estimate of drug-likeness (QED) is 0.720. The van der Waals surface area contributed by atoms with Gasteiger partial charge in [-0.3, -0.25) is 4.79 Å². The molecule has 1 aromatic rings.